The van der Waals surface area contributed by atoms with Crippen LogP contribution in [0.15, 0.2) is 48.7 Å². The summed E-state index contributed by atoms with van der Waals surface area (Å²) < 4.78 is 2.16. The molecule has 21 heavy (non-hydrogen) atoms. The lowest BCUT2D eigenvalue weighted by Crippen LogP contribution is -2.20. The number of fused-ring (bicyclic) bond motifs is 1. The molecule has 2 heterocycles. The van der Waals surface area contributed by atoms with Crippen molar-refractivity contribution < 1.29 is 0 Å². The van der Waals surface area contributed by atoms with Crippen LogP contribution in [0.3, 0.4) is 0 Å². The molecule has 0 spiro atoms. The standard InChI is InChI=1S/C18H21N3/c1-13-8-4-5-9-16(13)14(2)19-12-17-15(3)20-18-10-6-7-11-21(17)18/h4-11,14,19H,12H2,1-3H3/t14-/m1/s1. The molecule has 3 nitrogen and oxygen atoms in total. The SMILES string of the molecule is Cc1ccccc1[C@@H](C)NCc1c(C)nc2ccccn12. The molecule has 0 bridgehead atoms. The fourth-order valence-corrected chi connectivity index (χ4v) is 2.81. The topological polar surface area (TPSA) is 29.3 Å². The van der Waals surface area contributed by atoms with Crippen molar-refractivity contribution in [2.75, 3.05) is 0 Å². The average Bonchev–Trinajstić information content (AvgIpc) is 2.81. The molecule has 0 aliphatic carbocycles. The Kier molecular flexibility index (Phi) is 3.76. The minimum absolute atomic E-state index is 0.319. The Bertz CT molecular complexity index is 758. The lowest BCUT2D eigenvalue weighted by molar-refractivity contribution is 0.562. The summed E-state index contributed by atoms with van der Waals surface area (Å²) in [5.41, 5.74) is 6.00. The van der Waals surface area contributed by atoms with Gasteiger partial charge in [0.25, 0.3) is 0 Å². The number of aromatic nitrogens is 2. The molecule has 0 aliphatic heterocycles. The summed E-state index contributed by atoms with van der Waals surface area (Å²) in [7, 11) is 0. The Morgan fingerprint density at radius 1 is 1.10 bits per heavy atom. The molecule has 1 N–H and O–H groups in total. The zero-order chi connectivity index (χ0) is 14.8. The van der Waals surface area contributed by atoms with E-state index in [2.05, 4.69) is 65.9 Å². The minimum atomic E-state index is 0.319. The molecule has 108 valence electrons. The van der Waals surface area contributed by atoms with E-state index in [0.29, 0.717) is 6.04 Å². The van der Waals surface area contributed by atoms with Gasteiger partial charge in [0, 0.05) is 18.8 Å². The molecular formula is C18H21N3. The Hall–Kier alpha value is -2.13. The number of aryl methyl sites for hydroxylation is 2. The van der Waals surface area contributed by atoms with Gasteiger partial charge >= 0.3 is 0 Å². The van der Waals surface area contributed by atoms with E-state index in [9.17, 15) is 0 Å². The second-order valence-electron chi connectivity index (χ2n) is 5.53. The lowest BCUT2D eigenvalue weighted by Gasteiger charge is -2.16. The summed E-state index contributed by atoms with van der Waals surface area (Å²) in [6.45, 7) is 7.25. The van der Waals surface area contributed by atoms with E-state index in [1.165, 1.54) is 16.8 Å². The van der Waals surface area contributed by atoms with Crippen LogP contribution in [0.4, 0.5) is 0 Å². The van der Waals surface area contributed by atoms with E-state index in [1.807, 2.05) is 18.2 Å². The summed E-state index contributed by atoms with van der Waals surface area (Å²) in [6, 6.07) is 15.0. The molecule has 2 aromatic heterocycles. The second kappa shape index (κ2) is 5.70. The summed E-state index contributed by atoms with van der Waals surface area (Å²) in [5, 5.41) is 3.61. The summed E-state index contributed by atoms with van der Waals surface area (Å²) in [4.78, 5) is 4.60. The first-order chi connectivity index (χ1) is 10.2. The predicted molar refractivity (Wildman–Crippen MR) is 86.4 cm³/mol. The molecule has 3 heteroatoms. The normalized spacial score (nSPS) is 12.7. The number of imidazole rings is 1. The number of pyridine rings is 1. The first-order valence-electron chi connectivity index (χ1n) is 7.38. The molecule has 0 saturated carbocycles. The average molecular weight is 279 g/mol. The molecule has 0 unspecified atom stereocenters. The lowest BCUT2D eigenvalue weighted by atomic mass is 10.0. The molecule has 3 aromatic rings. The maximum absolute atomic E-state index is 4.60. The second-order valence-corrected chi connectivity index (χ2v) is 5.53. The smallest absolute Gasteiger partial charge is 0.137 e. The molecule has 0 fully saturated rings. The van der Waals surface area contributed by atoms with Crippen molar-refractivity contribution in [1.29, 1.82) is 0 Å². The van der Waals surface area contributed by atoms with Crippen LogP contribution in [0.5, 0.6) is 0 Å². The van der Waals surface area contributed by atoms with Crippen molar-refractivity contribution in [3.8, 4) is 0 Å². The van der Waals surface area contributed by atoms with E-state index in [-0.39, 0.29) is 0 Å². The van der Waals surface area contributed by atoms with Crippen LogP contribution in [0.1, 0.15) is 35.5 Å². The molecule has 3 rings (SSSR count). The zero-order valence-electron chi connectivity index (χ0n) is 12.8. The third-order valence-electron chi connectivity index (χ3n) is 4.06. The number of benzene rings is 1. The van der Waals surface area contributed by atoms with Gasteiger partial charge in [0.2, 0.25) is 0 Å². The number of hydrogen-bond acceptors (Lipinski definition) is 2. The number of nitrogens with zero attached hydrogens (tertiary/aromatic N) is 2. The summed E-state index contributed by atoms with van der Waals surface area (Å²) >= 11 is 0. The first kappa shape index (κ1) is 13.8. The zero-order valence-corrected chi connectivity index (χ0v) is 12.8. The van der Waals surface area contributed by atoms with Gasteiger partial charge in [0.05, 0.1) is 11.4 Å². The van der Waals surface area contributed by atoms with Crippen LogP contribution in [0.25, 0.3) is 5.65 Å². The van der Waals surface area contributed by atoms with Crippen molar-refractivity contribution in [1.82, 2.24) is 14.7 Å². The van der Waals surface area contributed by atoms with Gasteiger partial charge in [-0.15, -0.1) is 0 Å². The van der Waals surface area contributed by atoms with Crippen LogP contribution in [0.2, 0.25) is 0 Å². The van der Waals surface area contributed by atoms with Crippen molar-refractivity contribution in [3.05, 3.63) is 71.2 Å². The van der Waals surface area contributed by atoms with E-state index in [4.69, 9.17) is 0 Å². The Balaban J connectivity index is 1.81. The third-order valence-corrected chi connectivity index (χ3v) is 4.06. The molecule has 1 atom stereocenters. The molecule has 0 aliphatic rings. The molecule has 0 radical (unpaired) electrons. The highest BCUT2D eigenvalue weighted by molar-refractivity contribution is 5.42. The Labute approximate surface area is 125 Å². The minimum Gasteiger partial charge on any atom is -0.305 e. The van der Waals surface area contributed by atoms with Gasteiger partial charge in [-0.25, -0.2) is 4.98 Å². The maximum atomic E-state index is 4.60. The van der Waals surface area contributed by atoms with Crippen molar-refractivity contribution in [2.24, 2.45) is 0 Å². The van der Waals surface area contributed by atoms with Gasteiger partial charge in [-0.2, -0.15) is 0 Å². The van der Waals surface area contributed by atoms with Crippen molar-refractivity contribution >= 4 is 5.65 Å². The fraction of sp³-hybridized carbons (Fsp3) is 0.278. The van der Waals surface area contributed by atoms with Crippen LogP contribution < -0.4 is 5.32 Å². The number of rotatable bonds is 4. The van der Waals surface area contributed by atoms with Crippen LogP contribution in [0, 0.1) is 13.8 Å². The molecule has 0 saturated heterocycles. The molecular weight excluding hydrogens is 258 g/mol. The van der Waals surface area contributed by atoms with Crippen molar-refractivity contribution in [2.45, 2.75) is 33.4 Å². The summed E-state index contributed by atoms with van der Waals surface area (Å²) in [6.07, 6.45) is 2.07. The number of nitrogens with one attached hydrogen (secondary N) is 1. The Morgan fingerprint density at radius 3 is 2.67 bits per heavy atom. The van der Waals surface area contributed by atoms with Gasteiger partial charge in [-0.05, 0) is 44.0 Å². The van der Waals surface area contributed by atoms with Crippen LogP contribution in [-0.4, -0.2) is 9.38 Å². The highest BCUT2D eigenvalue weighted by Gasteiger charge is 2.11. The monoisotopic (exact) mass is 279 g/mol. The van der Waals surface area contributed by atoms with E-state index in [1.54, 1.807) is 0 Å². The summed E-state index contributed by atoms with van der Waals surface area (Å²) in [5.74, 6) is 0. The largest absolute Gasteiger partial charge is 0.305 e. The third kappa shape index (κ3) is 2.69. The molecule has 0 amide bonds. The van der Waals surface area contributed by atoms with Crippen molar-refractivity contribution in [3.63, 3.8) is 0 Å². The van der Waals surface area contributed by atoms with E-state index >= 15 is 0 Å². The number of hydrogen-bond donors (Lipinski definition) is 1. The maximum Gasteiger partial charge on any atom is 0.137 e. The first-order valence-corrected chi connectivity index (χ1v) is 7.38. The van der Waals surface area contributed by atoms with Gasteiger partial charge in [0.15, 0.2) is 0 Å². The van der Waals surface area contributed by atoms with Gasteiger partial charge in [-0.3, -0.25) is 0 Å². The quantitative estimate of drug-likeness (QED) is 0.787. The van der Waals surface area contributed by atoms with Crippen LogP contribution in [-0.2, 0) is 6.54 Å². The molecule has 1 aromatic carbocycles. The Morgan fingerprint density at radius 2 is 1.86 bits per heavy atom. The highest BCUT2D eigenvalue weighted by Crippen LogP contribution is 2.18. The van der Waals surface area contributed by atoms with Gasteiger partial charge < -0.3 is 9.72 Å². The van der Waals surface area contributed by atoms with E-state index in [0.717, 1.165) is 17.9 Å². The fourth-order valence-electron chi connectivity index (χ4n) is 2.81. The van der Waals surface area contributed by atoms with Crippen LogP contribution >= 0.6 is 0 Å². The highest BCUT2D eigenvalue weighted by atomic mass is 15.0. The van der Waals surface area contributed by atoms with E-state index < -0.39 is 0 Å². The predicted octanol–water partition coefficient (Wildman–Crippen LogP) is 3.80. The van der Waals surface area contributed by atoms with Gasteiger partial charge in [0.1, 0.15) is 5.65 Å². The van der Waals surface area contributed by atoms with Gasteiger partial charge in [-0.1, -0.05) is 30.3 Å².